The van der Waals surface area contributed by atoms with Gasteiger partial charge in [-0.25, -0.2) is 0 Å². The number of rotatable bonds is 8. The van der Waals surface area contributed by atoms with E-state index in [1.165, 1.54) is 22.0 Å². The first-order valence-corrected chi connectivity index (χ1v) is 8.66. The molecular weight excluding hydrogens is 455 g/mol. The third-order valence-electron chi connectivity index (χ3n) is 3.39. The lowest BCUT2D eigenvalue weighted by Gasteiger charge is -2.21. The Bertz CT molecular complexity index is 673. The zero-order chi connectivity index (χ0) is 17.4. The average molecular weight is 478 g/mol. The SMILES string of the molecule is CCNC(=NCCn1cc([N+](=O)[O-])cn1)N(C)CCc1cccs1.I. The molecule has 138 valence electrons. The van der Waals surface area contributed by atoms with Crippen molar-refractivity contribution in [2.24, 2.45) is 4.99 Å². The molecule has 0 aliphatic rings. The molecule has 2 aromatic rings. The fourth-order valence-electron chi connectivity index (χ4n) is 2.14. The fraction of sp³-hybridized carbons (Fsp3) is 0.467. The predicted octanol–water partition coefficient (Wildman–Crippen LogP) is 2.61. The molecule has 0 saturated carbocycles. The standard InChI is InChI=1S/C15H22N6O2S.HI/c1-3-16-15(19(2)8-6-14-5-4-10-24-14)17-7-9-20-12-13(11-18-20)21(22)23;/h4-5,10-12H,3,6-9H2,1-2H3,(H,16,17);1H. The number of halogens is 1. The summed E-state index contributed by atoms with van der Waals surface area (Å²) in [5.74, 6) is 0.829. The summed E-state index contributed by atoms with van der Waals surface area (Å²) in [6.45, 7) is 4.69. The first kappa shape index (κ1) is 21.4. The summed E-state index contributed by atoms with van der Waals surface area (Å²) >= 11 is 1.76. The second kappa shape index (κ2) is 11.0. The van der Waals surface area contributed by atoms with Gasteiger partial charge in [-0.05, 0) is 24.8 Å². The molecule has 0 unspecified atom stereocenters. The van der Waals surface area contributed by atoms with Gasteiger partial charge in [-0.3, -0.25) is 19.8 Å². The monoisotopic (exact) mass is 478 g/mol. The van der Waals surface area contributed by atoms with Gasteiger partial charge in [0.05, 0.1) is 18.0 Å². The van der Waals surface area contributed by atoms with E-state index in [-0.39, 0.29) is 29.7 Å². The normalized spacial score (nSPS) is 11.0. The van der Waals surface area contributed by atoms with Crippen LogP contribution in [-0.2, 0) is 13.0 Å². The van der Waals surface area contributed by atoms with Crippen LogP contribution in [-0.4, -0.2) is 52.2 Å². The molecule has 2 heterocycles. The number of aromatic nitrogens is 2. The smallest absolute Gasteiger partial charge is 0.306 e. The Morgan fingerprint density at radius 3 is 2.96 bits per heavy atom. The minimum absolute atomic E-state index is 0. The number of likely N-dealkylation sites (N-methyl/N-ethyl adjacent to an activating group) is 1. The van der Waals surface area contributed by atoms with Gasteiger partial charge < -0.3 is 10.2 Å². The van der Waals surface area contributed by atoms with Gasteiger partial charge in [-0.1, -0.05) is 6.07 Å². The van der Waals surface area contributed by atoms with Crippen molar-refractivity contribution in [3.63, 3.8) is 0 Å². The van der Waals surface area contributed by atoms with Crippen LogP contribution in [0, 0.1) is 10.1 Å². The molecule has 8 nitrogen and oxygen atoms in total. The van der Waals surface area contributed by atoms with Crippen molar-refractivity contribution < 1.29 is 4.92 Å². The van der Waals surface area contributed by atoms with E-state index in [4.69, 9.17) is 0 Å². The van der Waals surface area contributed by atoms with Crippen LogP contribution in [0.15, 0.2) is 34.9 Å². The van der Waals surface area contributed by atoms with E-state index in [1.807, 2.05) is 14.0 Å². The van der Waals surface area contributed by atoms with Gasteiger partial charge in [-0.2, -0.15) is 5.10 Å². The van der Waals surface area contributed by atoms with E-state index in [9.17, 15) is 10.1 Å². The van der Waals surface area contributed by atoms with Gasteiger partial charge in [-0.15, -0.1) is 35.3 Å². The zero-order valence-corrected chi connectivity index (χ0v) is 17.4. The number of hydrogen-bond donors (Lipinski definition) is 1. The van der Waals surface area contributed by atoms with E-state index < -0.39 is 4.92 Å². The van der Waals surface area contributed by atoms with Gasteiger partial charge in [0.1, 0.15) is 12.4 Å². The molecule has 0 aliphatic heterocycles. The van der Waals surface area contributed by atoms with Crippen molar-refractivity contribution in [2.45, 2.75) is 19.9 Å². The van der Waals surface area contributed by atoms with Crippen molar-refractivity contribution >= 4 is 47.0 Å². The predicted molar refractivity (Wildman–Crippen MR) is 111 cm³/mol. The summed E-state index contributed by atoms with van der Waals surface area (Å²) in [5.41, 5.74) is -0.000970. The maximum Gasteiger partial charge on any atom is 0.306 e. The number of nitrogens with one attached hydrogen (secondary N) is 1. The maximum atomic E-state index is 10.6. The van der Waals surface area contributed by atoms with Crippen molar-refractivity contribution in [2.75, 3.05) is 26.7 Å². The highest BCUT2D eigenvalue weighted by atomic mass is 127. The summed E-state index contributed by atoms with van der Waals surface area (Å²) in [5, 5.41) is 20.0. The highest BCUT2D eigenvalue weighted by Gasteiger charge is 2.09. The third-order valence-corrected chi connectivity index (χ3v) is 4.33. The van der Waals surface area contributed by atoms with E-state index in [2.05, 4.69) is 37.8 Å². The Balaban J connectivity index is 0.00000312. The van der Waals surface area contributed by atoms with Crippen LogP contribution in [0.2, 0.25) is 0 Å². The number of hydrogen-bond acceptors (Lipinski definition) is 5. The zero-order valence-electron chi connectivity index (χ0n) is 14.3. The largest absolute Gasteiger partial charge is 0.357 e. The van der Waals surface area contributed by atoms with Gasteiger partial charge >= 0.3 is 5.69 Å². The molecule has 25 heavy (non-hydrogen) atoms. The summed E-state index contributed by atoms with van der Waals surface area (Å²) < 4.78 is 1.54. The Morgan fingerprint density at radius 1 is 1.56 bits per heavy atom. The summed E-state index contributed by atoms with van der Waals surface area (Å²) in [6.07, 6.45) is 3.65. The molecule has 1 N–H and O–H groups in total. The van der Waals surface area contributed by atoms with Crippen LogP contribution in [0.1, 0.15) is 11.8 Å². The number of aliphatic imine (C=N–C) groups is 1. The number of thiophene rings is 1. The minimum atomic E-state index is -0.449. The molecule has 2 aromatic heterocycles. The Labute approximate surface area is 168 Å². The van der Waals surface area contributed by atoms with Crippen molar-refractivity contribution in [3.8, 4) is 0 Å². The molecule has 0 spiro atoms. The fourth-order valence-corrected chi connectivity index (χ4v) is 2.83. The van der Waals surface area contributed by atoms with Crippen LogP contribution in [0.25, 0.3) is 0 Å². The molecule has 0 atom stereocenters. The Morgan fingerprint density at radius 2 is 2.36 bits per heavy atom. The van der Waals surface area contributed by atoms with Crippen LogP contribution < -0.4 is 5.32 Å². The summed E-state index contributed by atoms with van der Waals surface area (Å²) in [4.78, 5) is 18.2. The molecule has 0 bridgehead atoms. The third kappa shape index (κ3) is 6.98. The first-order chi connectivity index (χ1) is 11.6. The molecule has 0 amide bonds. The Hall–Kier alpha value is -1.69. The van der Waals surface area contributed by atoms with Crippen molar-refractivity contribution in [1.29, 1.82) is 0 Å². The van der Waals surface area contributed by atoms with Crippen LogP contribution in [0.4, 0.5) is 5.69 Å². The van der Waals surface area contributed by atoms with Crippen molar-refractivity contribution in [3.05, 3.63) is 44.9 Å². The van der Waals surface area contributed by atoms with E-state index >= 15 is 0 Å². The lowest BCUT2D eigenvalue weighted by atomic mass is 10.3. The molecule has 0 fully saturated rings. The van der Waals surface area contributed by atoms with Crippen LogP contribution in [0.3, 0.4) is 0 Å². The van der Waals surface area contributed by atoms with E-state index in [0.29, 0.717) is 13.1 Å². The van der Waals surface area contributed by atoms with Gasteiger partial charge in [0.15, 0.2) is 5.96 Å². The average Bonchev–Trinajstić information content (AvgIpc) is 3.23. The maximum absolute atomic E-state index is 10.6. The second-order valence-corrected chi connectivity index (χ2v) is 6.24. The van der Waals surface area contributed by atoms with Gasteiger partial charge in [0.2, 0.25) is 0 Å². The Kier molecular flexibility index (Phi) is 9.42. The molecule has 10 heteroatoms. The highest BCUT2D eigenvalue weighted by Crippen LogP contribution is 2.09. The van der Waals surface area contributed by atoms with Crippen LogP contribution in [0.5, 0.6) is 0 Å². The van der Waals surface area contributed by atoms with E-state index in [1.54, 1.807) is 11.3 Å². The molecule has 2 rings (SSSR count). The number of guanidine groups is 1. The first-order valence-electron chi connectivity index (χ1n) is 7.78. The topological polar surface area (TPSA) is 88.6 Å². The highest BCUT2D eigenvalue weighted by molar-refractivity contribution is 14.0. The number of nitrogens with zero attached hydrogens (tertiary/aromatic N) is 5. The molecule has 0 saturated heterocycles. The lowest BCUT2D eigenvalue weighted by molar-refractivity contribution is -0.385. The molecule has 0 aliphatic carbocycles. The minimum Gasteiger partial charge on any atom is -0.357 e. The van der Waals surface area contributed by atoms with Crippen molar-refractivity contribution in [1.82, 2.24) is 20.0 Å². The summed E-state index contributed by atoms with van der Waals surface area (Å²) in [7, 11) is 2.01. The summed E-state index contributed by atoms with van der Waals surface area (Å²) in [6, 6.07) is 4.19. The number of nitro groups is 1. The molecular formula is C15H23IN6O2S. The second-order valence-electron chi connectivity index (χ2n) is 5.21. The molecule has 0 radical (unpaired) electrons. The van der Waals surface area contributed by atoms with Crippen LogP contribution >= 0.6 is 35.3 Å². The molecule has 0 aromatic carbocycles. The van der Waals surface area contributed by atoms with Gasteiger partial charge in [0.25, 0.3) is 0 Å². The lowest BCUT2D eigenvalue weighted by Crippen LogP contribution is -2.40. The van der Waals surface area contributed by atoms with E-state index in [0.717, 1.165) is 25.5 Å². The quantitative estimate of drug-likeness (QED) is 0.207. The van der Waals surface area contributed by atoms with Gasteiger partial charge in [0, 0.05) is 25.0 Å².